The Balaban J connectivity index is 0.000000224. The van der Waals surface area contributed by atoms with Gasteiger partial charge in [0.25, 0.3) is 0 Å². The van der Waals surface area contributed by atoms with Gasteiger partial charge in [-0.25, -0.2) is 9.59 Å². The molecule has 10 nitrogen and oxygen atoms in total. The fourth-order valence-electron chi connectivity index (χ4n) is 4.91. The van der Waals surface area contributed by atoms with Crippen LogP contribution in [0.4, 0.5) is 0 Å². The SMILES string of the molecule is CCCOc1ccccc1.Cc1ccc(O)cc1C.Cc1ccc(OCCOc2ccccc2)cc1C.O=C(O)c1ccc(OCCOc2ccccc2)cc1C(=O)O. The minimum absolute atomic E-state index is 0.209. The van der Waals surface area contributed by atoms with Crippen molar-refractivity contribution < 1.29 is 48.6 Å². The predicted molar refractivity (Wildman–Crippen MR) is 231 cm³/mol. The summed E-state index contributed by atoms with van der Waals surface area (Å²) in [4.78, 5) is 22.0. The van der Waals surface area contributed by atoms with Crippen molar-refractivity contribution >= 4 is 11.9 Å². The van der Waals surface area contributed by atoms with Crippen LogP contribution in [0.2, 0.25) is 0 Å². The fraction of sp³-hybridized carbons (Fsp3) is 0.224. The third kappa shape index (κ3) is 18.3. The third-order valence-corrected chi connectivity index (χ3v) is 8.36. The summed E-state index contributed by atoms with van der Waals surface area (Å²) < 4.78 is 27.4. The van der Waals surface area contributed by atoms with Gasteiger partial charge < -0.3 is 39.0 Å². The van der Waals surface area contributed by atoms with E-state index in [1.807, 2.05) is 117 Å². The number of carbonyl (C=O) groups is 2. The summed E-state index contributed by atoms with van der Waals surface area (Å²) in [7, 11) is 0. The van der Waals surface area contributed by atoms with Crippen LogP contribution >= 0.6 is 0 Å². The molecule has 0 aromatic heterocycles. The molecule has 59 heavy (non-hydrogen) atoms. The number of benzene rings is 6. The van der Waals surface area contributed by atoms with Gasteiger partial charge in [0.15, 0.2) is 0 Å². The molecule has 0 atom stereocenters. The molecule has 0 aliphatic carbocycles. The molecule has 6 aromatic rings. The van der Waals surface area contributed by atoms with Crippen molar-refractivity contribution in [3.8, 4) is 34.5 Å². The Morgan fingerprint density at radius 2 is 0.780 bits per heavy atom. The van der Waals surface area contributed by atoms with Crippen LogP contribution in [0, 0.1) is 27.7 Å². The van der Waals surface area contributed by atoms with Gasteiger partial charge in [0, 0.05) is 0 Å². The molecule has 0 saturated heterocycles. The minimum Gasteiger partial charge on any atom is -0.508 e. The zero-order valence-corrected chi connectivity index (χ0v) is 34.3. The number of ether oxygens (including phenoxy) is 5. The highest BCUT2D eigenvalue weighted by Gasteiger charge is 2.16. The van der Waals surface area contributed by atoms with E-state index in [0.717, 1.165) is 35.8 Å². The average Bonchev–Trinajstić information content (AvgIpc) is 3.25. The average molecular weight is 803 g/mol. The maximum absolute atomic E-state index is 11.0. The van der Waals surface area contributed by atoms with Crippen molar-refractivity contribution in [3.05, 3.63) is 179 Å². The molecular formula is C49H54O10. The van der Waals surface area contributed by atoms with Crippen molar-refractivity contribution in [1.29, 1.82) is 0 Å². The van der Waals surface area contributed by atoms with E-state index in [1.165, 1.54) is 34.9 Å². The number of carboxylic acids is 2. The summed E-state index contributed by atoms with van der Waals surface area (Å²) in [5, 5.41) is 26.9. The standard InChI is InChI=1S/C16H14O6.C16H18O2.C9H12O.C8H10O/c17-15(18)13-7-6-12(10-14(13)16(19)20)22-9-8-21-11-4-2-1-3-5-11;1-13-8-9-16(12-14(13)2)18-11-10-17-15-6-4-3-5-7-15;1-2-8-10-9-6-4-3-5-7-9;1-6-3-4-8(9)5-7(6)2/h1-7,10H,8-9H2,(H,17,18)(H,19,20);3-9,12H,10-11H2,1-2H3;3-7H,2,8H2,1H3;3-5,9H,1-2H3. The van der Waals surface area contributed by atoms with Crippen LogP contribution in [0.25, 0.3) is 0 Å². The first-order valence-electron chi connectivity index (χ1n) is 19.2. The predicted octanol–water partition coefficient (Wildman–Crippen LogP) is 10.8. The maximum atomic E-state index is 11.0. The van der Waals surface area contributed by atoms with E-state index in [4.69, 9.17) is 39.0 Å². The highest BCUT2D eigenvalue weighted by Crippen LogP contribution is 2.20. The molecule has 0 spiro atoms. The number of hydrogen-bond acceptors (Lipinski definition) is 8. The Morgan fingerprint density at radius 3 is 1.17 bits per heavy atom. The van der Waals surface area contributed by atoms with Gasteiger partial charge in [-0.2, -0.15) is 0 Å². The second kappa shape index (κ2) is 26.1. The van der Waals surface area contributed by atoms with Gasteiger partial charge in [-0.05, 0) is 135 Å². The van der Waals surface area contributed by atoms with Gasteiger partial charge in [-0.1, -0.05) is 73.7 Å². The normalized spacial score (nSPS) is 9.85. The molecule has 0 saturated carbocycles. The van der Waals surface area contributed by atoms with E-state index in [9.17, 15) is 9.59 Å². The molecule has 0 aliphatic heterocycles. The molecule has 3 N–H and O–H groups in total. The highest BCUT2D eigenvalue weighted by molar-refractivity contribution is 6.02. The number of phenols is 1. The van der Waals surface area contributed by atoms with E-state index in [2.05, 4.69) is 32.9 Å². The quantitative estimate of drug-likeness (QED) is 0.0859. The molecule has 0 fully saturated rings. The number of aromatic carboxylic acids is 2. The van der Waals surface area contributed by atoms with Crippen LogP contribution in [0.3, 0.4) is 0 Å². The lowest BCUT2D eigenvalue weighted by atomic mass is 10.1. The number of para-hydroxylation sites is 3. The lowest BCUT2D eigenvalue weighted by Crippen LogP contribution is -2.11. The van der Waals surface area contributed by atoms with Gasteiger partial charge in [-0.3, -0.25) is 0 Å². The Kier molecular flexibility index (Phi) is 20.5. The van der Waals surface area contributed by atoms with E-state index in [-0.39, 0.29) is 30.1 Å². The third-order valence-electron chi connectivity index (χ3n) is 8.36. The molecular weight excluding hydrogens is 749 g/mol. The topological polar surface area (TPSA) is 141 Å². The Hall–Kier alpha value is -6.94. The first kappa shape index (κ1) is 46.4. The lowest BCUT2D eigenvalue weighted by molar-refractivity contribution is 0.0651. The summed E-state index contributed by atoms with van der Waals surface area (Å²) in [6, 6.07) is 44.1. The van der Waals surface area contributed by atoms with Crippen molar-refractivity contribution in [2.45, 2.75) is 41.0 Å². The molecule has 6 rings (SSSR count). The molecule has 310 valence electrons. The lowest BCUT2D eigenvalue weighted by Gasteiger charge is -2.09. The summed E-state index contributed by atoms with van der Waals surface area (Å²) in [5.74, 6) is 1.45. The van der Waals surface area contributed by atoms with Gasteiger partial charge in [0.05, 0.1) is 17.7 Å². The van der Waals surface area contributed by atoms with E-state index >= 15 is 0 Å². The largest absolute Gasteiger partial charge is 0.508 e. The van der Waals surface area contributed by atoms with Crippen LogP contribution in [0.1, 0.15) is 56.3 Å². The number of aromatic hydroxyl groups is 1. The maximum Gasteiger partial charge on any atom is 0.336 e. The fourth-order valence-corrected chi connectivity index (χ4v) is 4.91. The minimum atomic E-state index is -1.32. The zero-order valence-electron chi connectivity index (χ0n) is 34.3. The number of rotatable bonds is 15. The molecule has 0 unspecified atom stereocenters. The van der Waals surface area contributed by atoms with Crippen LogP contribution in [-0.4, -0.2) is 60.3 Å². The van der Waals surface area contributed by atoms with Gasteiger partial charge >= 0.3 is 11.9 Å². The summed E-state index contributed by atoms with van der Waals surface area (Å²) in [6.07, 6.45) is 1.06. The monoisotopic (exact) mass is 802 g/mol. The second-order valence-corrected chi connectivity index (χ2v) is 13.0. The molecule has 10 heteroatoms. The first-order chi connectivity index (χ1) is 28.5. The molecule has 0 radical (unpaired) electrons. The number of carboxylic acid groups (broad SMARTS) is 2. The zero-order chi connectivity index (χ0) is 42.8. The molecule has 6 aromatic carbocycles. The summed E-state index contributed by atoms with van der Waals surface area (Å²) in [5.41, 5.74) is 4.29. The van der Waals surface area contributed by atoms with E-state index in [1.54, 1.807) is 12.1 Å². The van der Waals surface area contributed by atoms with Crippen molar-refractivity contribution in [3.63, 3.8) is 0 Å². The van der Waals surface area contributed by atoms with Gasteiger partial charge in [-0.15, -0.1) is 0 Å². The van der Waals surface area contributed by atoms with Crippen LogP contribution in [0.5, 0.6) is 34.5 Å². The first-order valence-corrected chi connectivity index (χ1v) is 19.2. The molecule has 0 heterocycles. The van der Waals surface area contributed by atoms with Crippen molar-refractivity contribution in [1.82, 2.24) is 0 Å². The summed E-state index contributed by atoms with van der Waals surface area (Å²) >= 11 is 0. The molecule has 0 amide bonds. The van der Waals surface area contributed by atoms with Gasteiger partial charge in [0.1, 0.15) is 60.9 Å². The van der Waals surface area contributed by atoms with E-state index in [0.29, 0.717) is 24.7 Å². The van der Waals surface area contributed by atoms with Crippen molar-refractivity contribution in [2.75, 3.05) is 33.0 Å². The van der Waals surface area contributed by atoms with Crippen LogP contribution in [0.15, 0.2) is 146 Å². The highest BCUT2D eigenvalue weighted by atomic mass is 16.5. The van der Waals surface area contributed by atoms with Crippen LogP contribution < -0.4 is 23.7 Å². The Bertz CT molecular complexity index is 2120. The Labute approximate surface area is 347 Å². The second-order valence-electron chi connectivity index (χ2n) is 13.0. The number of aryl methyl sites for hydroxylation is 4. The smallest absolute Gasteiger partial charge is 0.336 e. The van der Waals surface area contributed by atoms with Crippen molar-refractivity contribution in [2.24, 2.45) is 0 Å². The number of phenolic OH excluding ortho intramolecular Hbond substituents is 1. The molecule has 0 bridgehead atoms. The summed E-state index contributed by atoms with van der Waals surface area (Å²) in [6.45, 7) is 12.7. The number of hydrogen-bond donors (Lipinski definition) is 3. The van der Waals surface area contributed by atoms with E-state index < -0.39 is 11.9 Å². The van der Waals surface area contributed by atoms with Gasteiger partial charge in [0.2, 0.25) is 0 Å². The Morgan fingerprint density at radius 1 is 0.407 bits per heavy atom. The van der Waals surface area contributed by atoms with Crippen LogP contribution in [-0.2, 0) is 0 Å². The molecule has 0 aliphatic rings.